The van der Waals surface area contributed by atoms with E-state index in [1.807, 2.05) is 0 Å². The topological polar surface area (TPSA) is 6.48 Å². The molecule has 0 amide bonds. The van der Waals surface area contributed by atoms with E-state index in [0.29, 0.717) is 0 Å². The van der Waals surface area contributed by atoms with Crippen LogP contribution in [0.5, 0.6) is 0 Å². The number of hydrogen-bond donors (Lipinski definition) is 0. The van der Waals surface area contributed by atoms with Gasteiger partial charge in [0.1, 0.15) is 0 Å². The Kier molecular flexibility index (Phi) is 18.3. The van der Waals surface area contributed by atoms with Gasteiger partial charge in [0.25, 0.3) is 0 Å². The molecule has 0 aliphatic heterocycles. The van der Waals surface area contributed by atoms with Crippen LogP contribution in [-0.2, 0) is 0 Å². The highest BCUT2D eigenvalue weighted by atomic mass is 24.3. The highest BCUT2D eigenvalue weighted by Gasteiger charge is 1.89. The highest BCUT2D eigenvalue weighted by molar-refractivity contribution is 5.76. The van der Waals surface area contributed by atoms with Crippen LogP contribution in [0.4, 0.5) is 0 Å². The van der Waals surface area contributed by atoms with Crippen LogP contribution in [0.15, 0.2) is 0 Å². The van der Waals surface area contributed by atoms with Gasteiger partial charge in [-0.15, -0.1) is 0 Å². The lowest BCUT2D eigenvalue weighted by Crippen LogP contribution is -2.25. The van der Waals surface area contributed by atoms with E-state index in [4.69, 9.17) is 0 Å². The summed E-state index contributed by atoms with van der Waals surface area (Å²) in [4.78, 5) is 4.36. The first-order chi connectivity index (χ1) is 3.63. The van der Waals surface area contributed by atoms with Crippen LogP contribution in [0.1, 0.15) is 0 Å². The molecule has 0 spiro atoms. The Bertz CT molecular complexity index is 49.7. The van der Waals surface area contributed by atoms with E-state index >= 15 is 0 Å². The van der Waals surface area contributed by atoms with Gasteiger partial charge < -0.3 is 9.80 Å². The minimum atomic E-state index is 0. The molecule has 0 radical (unpaired) electrons. The first-order valence-corrected chi connectivity index (χ1v) is 2.92. The predicted molar refractivity (Wildman–Crippen MR) is 54.2 cm³/mol. The Morgan fingerprint density at radius 1 is 0.700 bits per heavy atom. The van der Waals surface area contributed by atoms with Crippen LogP contribution in [0.3, 0.4) is 0 Å². The first kappa shape index (κ1) is 17.5. The van der Waals surface area contributed by atoms with Crippen molar-refractivity contribution in [3.8, 4) is 0 Å². The lowest BCUT2D eigenvalue weighted by Gasteiger charge is -2.13. The van der Waals surface area contributed by atoms with Crippen LogP contribution in [0, 0.1) is 0 Å². The molecule has 0 saturated carbocycles. The summed E-state index contributed by atoms with van der Waals surface area (Å²) in [6.07, 6.45) is 0. The largest absolute Gasteiger partial charge is 0.316 e. The van der Waals surface area contributed by atoms with Crippen molar-refractivity contribution in [2.24, 2.45) is 0 Å². The van der Waals surface area contributed by atoms with Gasteiger partial charge in [-0.1, -0.05) is 0 Å². The molecule has 0 aromatic rings. The van der Waals surface area contributed by atoms with Gasteiger partial charge in [-0.25, -0.2) is 0 Å². The number of nitrogens with zero attached hydrogens (tertiary/aromatic N) is 2. The quantitative estimate of drug-likeness (QED) is 0.463. The van der Waals surface area contributed by atoms with E-state index in [1.54, 1.807) is 0 Å². The van der Waals surface area contributed by atoms with Crippen molar-refractivity contribution in [2.45, 2.75) is 0 Å². The summed E-state index contributed by atoms with van der Waals surface area (Å²) in [5, 5.41) is 0. The highest BCUT2D eigenvalue weighted by Crippen LogP contribution is 1.76. The van der Waals surface area contributed by atoms with Crippen LogP contribution < -0.4 is 0 Å². The second kappa shape index (κ2) is 10.5. The molecular formula is C6H20Mg2N2. The van der Waals surface area contributed by atoms with Crippen molar-refractivity contribution >= 4 is 46.1 Å². The smallest absolute Gasteiger partial charge is 0.308 e. The Hall–Kier alpha value is 1.45. The van der Waals surface area contributed by atoms with Crippen LogP contribution in [0.2, 0.25) is 0 Å². The second-order valence-electron chi connectivity index (χ2n) is 2.61. The van der Waals surface area contributed by atoms with E-state index in [2.05, 4.69) is 38.0 Å². The zero-order valence-electron chi connectivity index (χ0n) is 6.31. The molecule has 0 rings (SSSR count). The number of likely N-dealkylation sites (N-methyl/N-ethyl adjacent to an activating group) is 2. The maximum absolute atomic E-state index is 2.18. The van der Waals surface area contributed by atoms with Crippen molar-refractivity contribution in [3.63, 3.8) is 0 Å². The van der Waals surface area contributed by atoms with Crippen LogP contribution in [0.25, 0.3) is 0 Å². The molecule has 0 aromatic carbocycles. The number of rotatable bonds is 3. The Morgan fingerprint density at radius 2 is 0.900 bits per heavy atom. The van der Waals surface area contributed by atoms with E-state index in [9.17, 15) is 0 Å². The minimum absolute atomic E-state index is 0. The third-order valence-electron chi connectivity index (χ3n) is 0.994. The molecule has 0 aliphatic rings. The summed E-state index contributed by atoms with van der Waals surface area (Å²) in [5.41, 5.74) is 0. The van der Waals surface area contributed by atoms with Gasteiger partial charge in [-0.3, -0.25) is 0 Å². The molecule has 0 N–H and O–H groups in total. The van der Waals surface area contributed by atoms with Crippen molar-refractivity contribution in [3.05, 3.63) is 0 Å². The summed E-state index contributed by atoms with van der Waals surface area (Å²) in [6.45, 7) is 2.29. The van der Waals surface area contributed by atoms with Gasteiger partial charge in [0, 0.05) is 13.1 Å². The minimum Gasteiger partial charge on any atom is -0.308 e. The SMILES string of the molecule is CN(C)CCN(C)C.[MgH2].[MgH2]. The lowest BCUT2D eigenvalue weighted by atomic mass is 10.5. The second-order valence-corrected chi connectivity index (χ2v) is 2.61. The van der Waals surface area contributed by atoms with Crippen molar-refractivity contribution in [2.75, 3.05) is 41.3 Å². The first-order valence-electron chi connectivity index (χ1n) is 2.92. The average Bonchev–Trinajstić information content (AvgIpc) is 1.61. The molecule has 10 heavy (non-hydrogen) atoms. The fourth-order valence-corrected chi connectivity index (χ4v) is 0.400. The Balaban J connectivity index is -0.000000245. The van der Waals surface area contributed by atoms with E-state index in [1.165, 1.54) is 0 Å². The van der Waals surface area contributed by atoms with Gasteiger partial charge in [0.05, 0.1) is 0 Å². The van der Waals surface area contributed by atoms with Gasteiger partial charge in [-0.2, -0.15) is 0 Å². The monoisotopic (exact) mass is 168 g/mol. The van der Waals surface area contributed by atoms with Crippen molar-refractivity contribution in [1.29, 1.82) is 0 Å². The fraction of sp³-hybridized carbons (Fsp3) is 1.00. The summed E-state index contributed by atoms with van der Waals surface area (Å²) in [6, 6.07) is 0. The maximum atomic E-state index is 2.18. The molecule has 0 unspecified atom stereocenters. The molecule has 0 bridgehead atoms. The zero-order valence-corrected chi connectivity index (χ0v) is 6.31. The van der Waals surface area contributed by atoms with E-state index < -0.39 is 0 Å². The molecule has 0 aromatic heterocycles. The Morgan fingerprint density at radius 3 is 1.00 bits per heavy atom. The van der Waals surface area contributed by atoms with E-state index in [0.717, 1.165) is 13.1 Å². The summed E-state index contributed by atoms with van der Waals surface area (Å²) < 4.78 is 0. The van der Waals surface area contributed by atoms with Gasteiger partial charge in [0.15, 0.2) is 0 Å². The molecule has 4 heteroatoms. The molecule has 2 nitrogen and oxygen atoms in total. The molecular weight excluding hydrogens is 149 g/mol. The number of hydrogen-bond acceptors (Lipinski definition) is 2. The summed E-state index contributed by atoms with van der Waals surface area (Å²) in [5.74, 6) is 0. The van der Waals surface area contributed by atoms with Crippen LogP contribution in [-0.4, -0.2) is 97.2 Å². The van der Waals surface area contributed by atoms with Gasteiger partial charge in [-0.05, 0) is 28.2 Å². The standard InChI is InChI=1S/C6H16N2.2Mg.4H/c1-7(2)5-6-8(3)4;;;;;;/h5-6H2,1-4H3;;;;;;. The van der Waals surface area contributed by atoms with Gasteiger partial charge >= 0.3 is 46.1 Å². The third-order valence-corrected chi connectivity index (χ3v) is 0.994. The normalized spacial score (nSPS) is 9.00. The molecule has 0 fully saturated rings. The average molecular weight is 169 g/mol. The molecule has 0 aliphatic carbocycles. The Labute approximate surface area is 96.6 Å². The van der Waals surface area contributed by atoms with Crippen LogP contribution >= 0.6 is 0 Å². The summed E-state index contributed by atoms with van der Waals surface area (Å²) >= 11 is 0. The van der Waals surface area contributed by atoms with Gasteiger partial charge in [0.2, 0.25) is 0 Å². The van der Waals surface area contributed by atoms with Crippen molar-refractivity contribution < 1.29 is 0 Å². The third kappa shape index (κ3) is 16.2. The van der Waals surface area contributed by atoms with E-state index in [-0.39, 0.29) is 46.1 Å². The van der Waals surface area contributed by atoms with Crippen molar-refractivity contribution in [1.82, 2.24) is 9.80 Å². The predicted octanol–water partition coefficient (Wildman–Crippen LogP) is -1.72. The molecule has 0 saturated heterocycles. The molecule has 0 heterocycles. The molecule has 0 atom stereocenters. The fourth-order valence-electron chi connectivity index (χ4n) is 0.400. The zero-order chi connectivity index (χ0) is 6.57. The maximum Gasteiger partial charge on any atom is 0.316 e. The molecule has 58 valence electrons. The summed E-state index contributed by atoms with van der Waals surface area (Å²) in [7, 11) is 8.35. The lowest BCUT2D eigenvalue weighted by molar-refractivity contribution is 0.320.